The Balaban J connectivity index is 2.30. The highest BCUT2D eigenvalue weighted by Gasteiger charge is 2.33. The maximum atomic E-state index is 10.8. The van der Waals surface area contributed by atoms with Crippen molar-refractivity contribution in [1.29, 1.82) is 0 Å². The number of aliphatic hydroxyl groups is 2. The lowest BCUT2D eigenvalue weighted by Crippen LogP contribution is -2.11. The Kier molecular flexibility index (Phi) is 3.80. The highest BCUT2D eigenvalue weighted by molar-refractivity contribution is 5.88. The summed E-state index contributed by atoms with van der Waals surface area (Å²) in [6, 6.07) is 0. The summed E-state index contributed by atoms with van der Waals surface area (Å²) in [6.07, 6.45) is 4.18. The van der Waals surface area contributed by atoms with E-state index in [1.807, 2.05) is 0 Å². The zero-order chi connectivity index (χ0) is 10.6. The van der Waals surface area contributed by atoms with E-state index in [-0.39, 0.29) is 5.76 Å². The molecule has 0 saturated carbocycles. The fourth-order valence-corrected chi connectivity index (χ4v) is 1.45. The smallest absolute Gasteiger partial charge is 0.377 e. The fraction of sp³-hybridized carbons (Fsp3) is 0.700. The van der Waals surface area contributed by atoms with Crippen molar-refractivity contribution in [3.8, 4) is 0 Å². The quantitative estimate of drug-likeness (QED) is 0.527. The maximum absolute atomic E-state index is 10.8. The first-order valence-corrected chi connectivity index (χ1v) is 5.00. The van der Waals surface area contributed by atoms with E-state index >= 15 is 0 Å². The van der Waals surface area contributed by atoms with Crippen LogP contribution >= 0.6 is 0 Å². The molecular weight excluding hydrogens is 184 g/mol. The molecule has 0 fully saturated rings. The molecule has 0 saturated heterocycles. The van der Waals surface area contributed by atoms with Crippen LogP contribution in [-0.2, 0) is 9.53 Å². The van der Waals surface area contributed by atoms with Gasteiger partial charge in [-0.3, -0.25) is 0 Å². The summed E-state index contributed by atoms with van der Waals surface area (Å²) in [5.41, 5.74) is 0. The molecule has 0 aliphatic carbocycles. The van der Waals surface area contributed by atoms with Gasteiger partial charge in [0.15, 0.2) is 11.9 Å². The lowest BCUT2D eigenvalue weighted by Gasteiger charge is -2.08. The summed E-state index contributed by atoms with van der Waals surface area (Å²) in [7, 11) is 0. The number of cyclic esters (lactones) is 1. The molecular formula is C10H16O4. The summed E-state index contributed by atoms with van der Waals surface area (Å²) >= 11 is 0. The van der Waals surface area contributed by atoms with Crippen LogP contribution < -0.4 is 0 Å². The molecule has 2 N–H and O–H groups in total. The first-order chi connectivity index (χ1) is 6.66. The van der Waals surface area contributed by atoms with Crippen molar-refractivity contribution in [1.82, 2.24) is 0 Å². The van der Waals surface area contributed by atoms with E-state index in [0.717, 1.165) is 25.7 Å². The third kappa shape index (κ3) is 2.40. The Bertz CT molecular complexity index is 245. The van der Waals surface area contributed by atoms with Crippen LogP contribution in [0.25, 0.3) is 0 Å². The van der Waals surface area contributed by atoms with Crippen LogP contribution in [0.2, 0.25) is 0 Å². The van der Waals surface area contributed by atoms with Crippen LogP contribution in [-0.4, -0.2) is 22.3 Å². The number of unbranched alkanes of at least 4 members (excludes halogenated alkanes) is 3. The third-order valence-electron chi connectivity index (χ3n) is 2.31. The normalized spacial score (nSPS) is 21.5. The molecule has 1 unspecified atom stereocenters. The van der Waals surface area contributed by atoms with Crippen molar-refractivity contribution >= 4 is 5.97 Å². The van der Waals surface area contributed by atoms with Crippen LogP contribution in [0.15, 0.2) is 11.5 Å². The molecule has 0 bridgehead atoms. The average molecular weight is 200 g/mol. The van der Waals surface area contributed by atoms with Crippen LogP contribution in [0.4, 0.5) is 0 Å². The van der Waals surface area contributed by atoms with Gasteiger partial charge in [0.05, 0.1) is 0 Å². The largest absolute Gasteiger partial charge is 0.505 e. The van der Waals surface area contributed by atoms with E-state index in [0.29, 0.717) is 6.42 Å². The summed E-state index contributed by atoms with van der Waals surface area (Å²) in [5, 5.41) is 18.3. The number of hydrogen-bond donors (Lipinski definition) is 2. The zero-order valence-electron chi connectivity index (χ0n) is 8.32. The molecule has 1 aliphatic rings. The van der Waals surface area contributed by atoms with Crippen molar-refractivity contribution in [3.63, 3.8) is 0 Å². The van der Waals surface area contributed by atoms with Gasteiger partial charge in [0.1, 0.15) is 0 Å². The molecule has 0 radical (unpaired) electrons. The van der Waals surface area contributed by atoms with Gasteiger partial charge in [0.2, 0.25) is 5.76 Å². The van der Waals surface area contributed by atoms with Crippen LogP contribution in [0.5, 0.6) is 0 Å². The molecule has 0 aromatic heterocycles. The molecule has 80 valence electrons. The van der Waals surface area contributed by atoms with Crippen molar-refractivity contribution < 1.29 is 19.7 Å². The summed E-state index contributed by atoms with van der Waals surface area (Å²) in [6.45, 7) is 2.11. The Morgan fingerprint density at radius 3 is 2.50 bits per heavy atom. The predicted molar refractivity (Wildman–Crippen MR) is 50.9 cm³/mol. The number of carbonyl (C=O) groups excluding carboxylic acids is 1. The number of ether oxygens (including phenoxy) is 1. The summed E-state index contributed by atoms with van der Waals surface area (Å²) in [4.78, 5) is 10.8. The van der Waals surface area contributed by atoms with E-state index in [1.165, 1.54) is 0 Å². The Labute approximate surface area is 83.2 Å². The summed E-state index contributed by atoms with van der Waals surface area (Å²) < 4.78 is 4.75. The minimum Gasteiger partial charge on any atom is -0.505 e. The van der Waals surface area contributed by atoms with Crippen molar-refractivity contribution in [2.24, 2.45) is 0 Å². The second-order valence-electron chi connectivity index (χ2n) is 3.48. The van der Waals surface area contributed by atoms with E-state index in [2.05, 4.69) is 6.92 Å². The highest BCUT2D eigenvalue weighted by Crippen LogP contribution is 2.23. The average Bonchev–Trinajstić information content (AvgIpc) is 2.41. The topological polar surface area (TPSA) is 66.8 Å². The Morgan fingerprint density at radius 1 is 1.29 bits per heavy atom. The van der Waals surface area contributed by atoms with Crippen molar-refractivity contribution in [3.05, 3.63) is 11.5 Å². The number of esters is 1. The Morgan fingerprint density at radius 2 is 2.00 bits per heavy atom. The predicted octanol–water partition coefficient (Wildman–Crippen LogP) is 2.21. The van der Waals surface area contributed by atoms with Gasteiger partial charge in [-0.05, 0) is 12.8 Å². The van der Waals surface area contributed by atoms with Crippen LogP contribution in [0.1, 0.15) is 39.0 Å². The van der Waals surface area contributed by atoms with Gasteiger partial charge in [-0.15, -0.1) is 0 Å². The number of aliphatic hydroxyl groups excluding tert-OH is 2. The Hall–Kier alpha value is -1.19. The van der Waals surface area contributed by atoms with Gasteiger partial charge < -0.3 is 14.9 Å². The minimum atomic E-state index is -0.817. The zero-order valence-corrected chi connectivity index (χ0v) is 8.32. The standard InChI is InChI=1S/C10H16O4/c1-2-3-4-5-6-7-8(11)9(12)10(13)14-7/h7,11-12H,2-6H2,1H3. The first-order valence-electron chi connectivity index (χ1n) is 5.00. The van der Waals surface area contributed by atoms with E-state index in [9.17, 15) is 9.90 Å². The SMILES string of the molecule is CCCCCCC1OC(=O)C(O)=C1O. The second-order valence-corrected chi connectivity index (χ2v) is 3.48. The molecule has 14 heavy (non-hydrogen) atoms. The number of rotatable bonds is 5. The van der Waals surface area contributed by atoms with Gasteiger partial charge >= 0.3 is 5.97 Å². The van der Waals surface area contributed by atoms with E-state index < -0.39 is 17.8 Å². The molecule has 4 heteroatoms. The second kappa shape index (κ2) is 4.88. The molecule has 0 aromatic rings. The molecule has 0 spiro atoms. The van der Waals surface area contributed by atoms with Gasteiger partial charge in [-0.1, -0.05) is 26.2 Å². The lowest BCUT2D eigenvalue weighted by molar-refractivity contribution is -0.142. The van der Waals surface area contributed by atoms with E-state index in [4.69, 9.17) is 9.84 Å². The molecule has 1 heterocycles. The molecule has 1 atom stereocenters. The van der Waals surface area contributed by atoms with Gasteiger partial charge in [0, 0.05) is 0 Å². The van der Waals surface area contributed by atoms with Crippen LogP contribution in [0, 0.1) is 0 Å². The van der Waals surface area contributed by atoms with E-state index in [1.54, 1.807) is 0 Å². The molecule has 0 amide bonds. The van der Waals surface area contributed by atoms with Gasteiger partial charge in [-0.25, -0.2) is 4.79 Å². The maximum Gasteiger partial charge on any atom is 0.377 e. The number of hydrogen-bond acceptors (Lipinski definition) is 4. The lowest BCUT2D eigenvalue weighted by atomic mass is 10.1. The highest BCUT2D eigenvalue weighted by atomic mass is 16.6. The minimum absolute atomic E-state index is 0.313. The molecule has 4 nitrogen and oxygen atoms in total. The first kappa shape index (κ1) is 10.9. The monoisotopic (exact) mass is 200 g/mol. The van der Waals surface area contributed by atoms with Gasteiger partial charge in [0.25, 0.3) is 0 Å². The van der Waals surface area contributed by atoms with Crippen molar-refractivity contribution in [2.45, 2.75) is 45.1 Å². The fourth-order valence-electron chi connectivity index (χ4n) is 1.45. The van der Waals surface area contributed by atoms with Gasteiger partial charge in [-0.2, -0.15) is 0 Å². The molecule has 1 aliphatic heterocycles. The summed E-state index contributed by atoms with van der Waals surface area (Å²) in [5.74, 6) is -1.76. The molecule has 1 rings (SSSR count). The van der Waals surface area contributed by atoms with Crippen LogP contribution in [0.3, 0.4) is 0 Å². The number of carbonyl (C=O) groups is 1. The third-order valence-corrected chi connectivity index (χ3v) is 2.31. The van der Waals surface area contributed by atoms with Crippen molar-refractivity contribution in [2.75, 3.05) is 0 Å². The molecule has 0 aromatic carbocycles.